The third kappa shape index (κ3) is 3.09. The van der Waals surface area contributed by atoms with Gasteiger partial charge in [0.2, 0.25) is 0 Å². The van der Waals surface area contributed by atoms with Crippen LogP contribution in [0.15, 0.2) is 47.2 Å². The molecule has 1 heterocycles. The van der Waals surface area contributed by atoms with Crippen LogP contribution in [-0.4, -0.2) is 11.5 Å². The number of benzene rings is 1. The van der Waals surface area contributed by atoms with Crippen LogP contribution in [0.25, 0.3) is 0 Å². The van der Waals surface area contributed by atoms with Crippen molar-refractivity contribution in [2.75, 3.05) is 6.54 Å². The molecule has 0 fully saturated rings. The Morgan fingerprint density at radius 3 is 2.61 bits per heavy atom. The van der Waals surface area contributed by atoms with Gasteiger partial charge in [-0.05, 0) is 48.4 Å². The van der Waals surface area contributed by atoms with Gasteiger partial charge in [-0.15, -0.1) is 0 Å². The van der Waals surface area contributed by atoms with Gasteiger partial charge in [0.05, 0.1) is 0 Å². The highest BCUT2D eigenvalue weighted by molar-refractivity contribution is 9.10. The first-order chi connectivity index (χ1) is 8.70. The zero-order valence-corrected chi connectivity index (χ0v) is 11.7. The number of ether oxygens (including phenoxy) is 1. The minimum absolute atomic E-state index is 0.145. The zero-order chi connectivity index (χ0) is 13.0. The van der Waals surface area contributed by atoms with Crippen molar-refractivity contribution in [3.8, 4) is 5.75 Å². The Labute approximate surface area is 115 Å². The van der Waals surface area contributed by atoms with E-state index in [-0.39, 0.29) is 6.10 Å². The molecule has 0 spiro atoms. The van der Waals surface area contributed by atoms with Gasteiger partial charge in [0.25, 0.3) is 0 Å². The molecule has 0 radical (unpaired) electrons. The molecule has 2 rings (SSSR count). The molecule has 1 aromatic carbocycles. The van der Waals surface area contributed by atoms with Gasteiger partial charge in [-0.3, -0.25) is 4.98 Å². The van der Waals surface area contributed by atoms with Gasteiger partial charge in [0.1, 0.15) is 11.9 Å². The minimum atomic E-state index is -0.145. The number of nitrogens with two attached hydrogens (primary N) is 1. The second kappa shape index (κ2) is 5.98. The van der Waals surface area contributed by atoms with Crippen LogP contribution < -0.4 is 10.5 Å². The number of aryl methyl sites for hydroxylation is 1. The van der Waals surface area contributed by atoms with Crippen LogP contribution >= 0.6 is 15.9 Å². The van der Waals surface area contributed by atoms with Crippen molar-refractivity contribution in [3.05, 3.63) is 58.3 Å². The van der Waals surface area contributed by atoms with Gasteiger partial charge in [-0.1, -0.05) is 15.9 Å². The normalized spacial score (nSPS) is 12.2. The number of pyridine rings is 1. The van der Waals surface area contributed by atoms with Gasteiger partial charge < -0.3 is 10.5 Å². The zero-order valence-electron chi connectivity index (χ0n) is 10.1. The molecule has 1 atom stereocenters. The first-order valence-corrected chi connectivity index (χ1v) is 6.53. The van der Waals surface area contributed by atoms with E-state index in [0.29, 0.717) is 6.54 Å². The second-order valence-corrected chi connectivity index (χ2v) is 4.95. The van der Waals surface area contributed by atoms with Crippen molar-refractivity contribution in [2.24, 2.45) is 5.73 Å². The third-order valence-corrected chi connectivity index (χ3v) is 3.19. The highest BCUT2D eigenvalue weighted by atomic mass is 79.9. The summed E-state index contributed by atoms with van der Waals surface area (Å²) < 4.78 is 7.00. The molecule has 1 unspecified atom stereocenters. The largest absolute Gasteiger partial charge is 0.484 e. The van der Waals surface area contributed by atoms with Crippen molar-refractivity contribution in [1.82, 2.24) is 4.98 Å². The van der Waals surface area contributed by atoms with Gasteiger partial charge in [-0.2, -0.15) is 0 Å². The molecule has 1 aromatic heterocycles. The first-order valence-electron chi connectivity index (χ1n) is 5.73. The number of hydrogen-bond acceptors (Lipinski definition) is 3. The Kier molecular flexibility index (Phi) is 4.33. The predicted molar refractivity (Wildman–Crippen MR) is 75.5 cm³/mol. The molecule has 0 bridgehead atoms. The van der Waals surface area contributed by atoms with Crippen LogP contribution in [0, 0.1) is 6.92 Å². The lowest BCUT2D eigenvalue weighted by atomic mass is 10.1. The Morgan fingerprint density at radius 2 is 2.00 bits per heavy atom. The fraction of sp³-hybridized carbons (Fsp3) is 0.214. The third-order valence-electron chi connectivity index (χ3n) is 2.70. The summed E-state index contributed by atoms with van der Waals surface area (Å²) in [5, 5.41) is 0. The van der Waals surface area contributed by atoms with Crippen LogP contribution in [0.5, 0.6) is 5.75 Å². The molecule has 0 saturated carbocycles. The molecule has 18 heavy (non-hydrogen) atoms. The molecule has 4 heteroatoms. The average molecular weight is 307 g/mol. The molecule has 2 aromatic rings. The lowest BCUT2D eigenvalue weighted by Crippen LogP contribution is -2.18. The number of nitrogens with zero attached hydrogens (tertiary/aromatic N) is 1. The molecule has 0 aliphatic rings. The van der Waals surface area contributed by atoms with Crippen LogP contribution in [0.2, 0.25) is 0 Å². The Morgan fingerprint density at radius 1 is 1.28 bits per heavy atom. The van der Waals surface area contributed by atoms with E-state index in [4.69, 9.17) is 10.5 Å². The van der Waals surface area contributed by atoms with Gasteiger partial charge in [-0.25, -0.2) is 0 Å². The molecule has 0 amide bonds. The van der Waals surface area contributed by atoms with Crippen molar-refractivity contribution in [1.29, 1.82) is 0 Å². The summed E-state index contributed by atoms with van der Waals surface area (Å²) >= 11 is 3.44. The summed E-state index contributed by atoms with van der Waals surface area (Å²) in [4.78, 5) is 4.00. The summed E-state index contributed by atoms with van der Waals surface area (Å²) in [6, 6.07) is 9.78. The lowest BCUT2D eigenvalue weighted by molar-refractivity contribution is 0.212. The van der Waals surface area contributed by atoms with E-state index in [0.717, 1.165) is 21.3 Å². The summed E-state index contributed by atoms with van der Waals surface area (Å²) in [7, 11) is 0. The van der Waals surface area contributed by atoms with Gasteiger partial charge >= 0.3 is 0 Å². The standard InChI is InChI=1S/C14H15BrN2O/c1-10-8-12(15)2-3-13(10)18-14(9-16)11-4-6-17-7-5-11/h2-8,14H,9,16H2,1H3. The van der Waals surface area contributed by atoms with Crippen LogP contribution in [0.4, 0.5) is 0 Å². The van der Waals surface area contributed by atoms with Gasteiger partial charge in [0.15, 0.2) is 0 Å². The van der Waals surface area contributed by atoms with Crippen LogP contribution in [0.1, 0.15) is 17.2 Å². The van der Waals surface area contributed by atoms with Crippen molar-refractivity contribution in [3.63, 3.8) is 0 Å². The van der Waals surface area contributed by atoms with E-state index in [9.17, 15) is 0 Å². The number of rotatable bonds is 4. The highest BCUT2D eigenvalue weighted by Gasteiger charge is 2.12. The van der Waals surface area contributed by atoms with Crippen LogP contribution in [-0.2, 0) is 0 Å². The fourth-order valence-corrected chi connectivity index (χ4v) is 2.20. The van der Waals surface area contributed by atoms with E-state index < -0.39 is 0 Å². The maximum Gasteiger partial charge on any atom is 0.136 e. The number of aromatic nitrogens is 1. The van der Waals surface area contributed by atoms with E-state index in [2.05, 4.69) is 20.9 Å². The highest BCUT2D eigenvalue weighted by Crippen LogP contribution is 2.26. The lowest BCUT2D eigenvalue weighted by Gasteiger charge is -2.19. The Bertz CT molecular complexity index is 516. The molecule has 3 nitrogen and oxygen atoms in total. The maximum absolute atomic E-state index is 5.96. The summed E-state index contributed by atoms with van der Waals surface area (Å²) in [6.45, 7) is 2.44. The minimum Gasteiger partial charge on any atom is -0.484 e. The number of halogens is 1. The first kappa shape index (κ1) is 13.1. The van der Waals surface area contributed by atoms with Crippen molar-refractivity contribution >= 4 is 15.9 Å². The Hall–Kier alpha value is -1.39. The van der Waals surface area contributed by atoms with E-state index in [1.165, 1.54) is 0 Å². The quantitative estimate of drug-likeness (QED) is 0.943. The summed E-state index contributed by atoms with van der Waals surface area (Å²) in [5.74, 6) is 0.852. The second-order valence-electron chi connectivity index (χ2n) is 4.03. The maximum atomic E-state index is 5.96. The SMILES string of the molecule is Cc1cc(Br)ccc1OC(CN)c1ccncc1. The van der Waals surface area contributed by atoms with E-state index in [1.807, 2.05) is 37.3 Å². The molecule has 0 saturated heterocycles. The Balaban J connectivity index is 2.21. The molecular weight excluding hydrogens is 292 g/mol. The average Bonchev–Trinajstić information content (AvgIpc) is 2.39. The summed E-state index contributed by atoms with van der Waals surface area (Å²) in [5.41, 5.74) is 7.90. The molecule has 2 N–H and O–H groups in total. The monoisotopic (exact) mass is 306 g/mol. The van der Waals surface area contributed by atoms with Crippen molar-refractivity contribution in [2.45, 2.75) is 13.0 Å². The van der Waals surface area contributed by atoms with Crippen LogP contribution in [0.3, 0.4) is 0 Å². The fourth-order valence-electron chi connectivity index (χ4n) is 1.73. The predicted octanol–water partition coefficient (Wildman–Crippen LogP) is 3.23. The molecular formula is C14H15BrN2O. The van der Waals surface area contributed by atoms with E-state index >= 15 is 0 Å². The van der Waals surface area contributed by atoms with Crippen molar-refractivity contribution < 1.29 is 4.74 Å². The van der Waals surface area contributed by atoms with E-state index in [1.54, 1.807) is 12.4 Å². The topological polar surface area (TPSA) is 48.1 Å². The smallest absolute Gasteiger partial charge is 0.136 e. The molecule has 0 aliphatic carbocycles. The summed E-state index contributed by atoms with van der Waals surface area (Å²) in [6.07, 6.45) is 3.35. The van der Waals surface area contributed by atoms with Gasteiger partial charge in [0, 0.05) is 23.4 Å². The molecule has 94 valence electrons. The number of hydrogen-bond donors (Lipinski definition) is 1. The molecule has 0 aliphatic heterocycles.